The lowest BCUT2D eigenvalue weighted by atomic mass is 10.2. The highest BCUT2D eigenvalue weighted by molar-refractivity contribution is 5.85. The molecule has 2 aromatic carbocycles. The van der Waals surface area contributed by atoms with Gasteiger partial charge in [0, 0.05) is 50.5 Å². The second-order valence-electron chi connectivity index (χ2n) is 7.78. The van der Waals surface area contributed by atoms with Crippen molar-refractivity contribution in [3.8, 4) is 5.75 Å². The normalized spacial score (nSPS) is 16.8. The lowest BCUT2D eigenvalue weighted by Gasteiger charge is -2.36. The molecule has 2 aliphatic rings. The van der Waals surface area contributed by atoms with Gasteiger partial charge >= 0.3 is 6.03 Å². The Morgan fingerprint density at radius 1 is 0.935 bits per heavy atom. The monoisotopic (exact) mass is 426 g/mol. The van der Waals surface area contributed by atoms with Crippen molar-refractivity contribution in [1.29, 1.82) is 0 Å². The minimum absolute atomic E-state index is 0.0459. The summed E-state index contributed by atoms with van der Waals surface area (Å²) in [6, 6.07) is 14.1. The average molecular weight is 426 g/mol. The smallest absolute Gasteiger partial charge is 0.320 e. The molecule has 164 valence electrons. The van der Waals surface area contributed by atoms with Crippen LogP contribution in [0.4, 0.5) is 14.9 Å². The fraction of sp³-hybridized carbons (Fsp3) is 0.391. The number of methoxy groups -OCH3 is 1. The van der Waals surface area contributed by atoms with Gasteiger partial charge < -0.3 is 24.3 Å². The Kier molecular flexibility index (Phi) is 6.25. The van der Waals surface area contributed by atoms with E-state index in [4.69, 9.17) is 4.74 Å². The number of benzene rings is 2. The van der Waals surface area contributed by atoms with Crippen LogP contribution in [0.1, 0.15) is 5.56 Å². The quantitative estimate of drug-likeness (QED) is 0.712. The van der Waals surface area contributed by atoms with E-state index >= 15 is 0 Å². The molecule has 0 N–H and O–H groups in total. The fourth-order valence-corrected chi connectivity index (χ4v) is 4.03. The Morgan fingerprint density at radius 2 is 1.61 bits per heavy atom. The van der Waals surface area contributed by atoms with E-state index < -0.39 is 0 Å². The molecule has 0 aromatic heterocycles. The number of hydrogen-bond donors (Lipinski definition) is 0. The number of amides is 3. The maximum atomic E-state index is 13.9. The highest BCUT2D eigenvalue weighted by atomic mass is 19.1. The number of rotatable bonds is 6. The van der Waals surface area contributed by atoms with Gasteiger partial charge in [-0.1, -0.05) is 18.2 Å². The van der Waals surface area contributed by atoms with Crippen molar-refractivity contribution in [3.63, 3.8) is 0 Å². The highest BCUT2D eigenvalue weighted by Gasteiger charge is 2.32. The van der Waals surface area contributed by atoms with E-state index in [0.29, 0.717) is 31.7 Å². The third kappa shape index (κ3) is 4.73. The van der Waals surface area contributed by atoms with Crippen molar-refractivity contribution >= 4 is 17.6 Å². The Hall–Kier alpha value is -3.29. The number of urea groups is 1. The van der Waals surface area contributed by atoms with Gasteiger partial charge in [-0.25, -0.2) is 9.18 Å². The topological polar surface area (TPSA) is 56.3 Å². The van der Waals surface area contributed by atoms with Crippen molar-refractivity contribution < 1.29 is 18.7 Å². The molecular formula is C23H27FN4O3. The number of carbonyl (C=O) groups is 2. The van der Waals surface area contributed by atoms with Crippen molar-refractivity contribution in [2.75, 3.05) is 57.8 Å². The van der Waals surface area contributed by atoms with Gasteiger partial charge in [0.1, 0.15) is 18.1 Å². The molecule has 4 rings (SSSR count). The van der Waals surface area contributed by atoms with Crippen LogP contribution in [-0.2, 0) is 11.3 Å². The number of hydrogen-bond acceptors (Lipinski definition) is 4. The molecule has 3 amide bonds. The zero-order chi connectivity index (χ0) is 21.8. The second-order valence-corrected chi connectivity index (χ2v) is 7.78. The van der Waals surface area contributed by atoms with Gasteiger partial charge in [-0.15, -0.1) is 0 Å². The number of nitrogens with zero attached hydrogens (tertiary/aromatic N) is 4. The fourth-order valence-electron chi connectivity index (χ4n) is 4.03. The summed E-state index contributed by atoms with van der Waals surface area (Å²) in [6.45, 7) is 3.97. The van der Waals surface area contributed by atoms with Gasteiger partial charge in [0.25, 0.3) is 0 Å². The SMILES string of the molecule is COc1ccc(N2CCN(C(=O)CN3CCN(Cc4ccccc4F)C3=O)CC2)cc1. The molecule has 0 aliphatic carbocycles. The molecule has 0 unspecified atom stereocenters. The van der Waals surface area contributed by atoms with E-state index in [1.54, 1.807) is 35.1 Å². The number of ether oxygens (including phenoxy) is 1. The minimum Gasteiger partial charge on any atom is -0.497 e. The summed E-state index contributed by atoms with van der Waals surface area (Å²) in [6.07, 6.45) is 0. The molecular weight excluding hydrogens is 399 g/mol. The Labute approximate surface area is 181 Å². The van der Waals surface area contributed by atoms with Crippen molar-refractivity contribution in [2.45, 2.75) is 6.54 Å². The van der Waals surface area contributed by atoms with Crippen LogP contribution >= 0.6 is 0 Å². The molecule has 2 aliphatic heterocycles. The van der Waals surface area contributed by atoms with Crippen LogP contribution in [0.2, 0.25) is 0 Å². The van der Waals surface area contributed by atoms with E-state index in [0.717, 1.165) is 24.5 Å². The van der Waals surface area contributed by atoms with E-state index in [1.165, 1.54) is 6.07 Å². The number of carbonyl (C=O) groups excluding carboxylic acids is 2. The molecule has 0 radical (unpaired) electrons. The second kappa shape index (κ2) is 9.24. The molecule has 0 spiro atoms. The summed E-state index contributed by atoms with van der Waals surface area (Å²) < 4.78 is 19.1. The predicted molar refractivity (Wildman–Crippen MR) is 116 cm³/mol. The van der Waals surface area contributed by atoms with Crippen molar-refractivity contribution in [3.05, 3.63) is 59.9 Å². The van der Waals surface area contributed by atoms with Gasteiger partial charge in [-0.3, -0.25) is 4.79 Å². The van der Waals surface area contributed by atoms with Gasteiger partial charge in [0.15, 0.2) is 0 Å². The van der Waals surface area contributed by atoms with Crippen LogP contribution < -0.4 is 9.64 Å². The molecule has 0 atom stereocenters. The summed E-state index contributed by atoms with van der Waals surface area (Å²) in [5.41, 5.74) is 1.59. The zero-order valence-electron chi connectivity index (χ0n) is 17.7. The number of piperazine rings is 1. The first kappa shape index (κ1) is 21.0. The standard InChI is InChI=1S/C23H27FN4O3/c1-31-20-8-6-19(7-9-20)25-10-12-26(13-11-25)22(29)17-28-15-14-27(23(28)30)16-18-4-2-3-5-21(18)24/h2-9H,10-17H2,1H3. The first-order chi connectivity index (χ1) is 15.0. The van der Waals surface area contributed by atoms with Crippen LogP contribution in [0.25, 0.3) is 0 Å². The molecule has 8 heteroatoms. The molecule has 0 bridgehead atoms. The molecule has 31 heavy (non-hydrogen) atoms. The summed E-state index contributed by atoms with van der Waals surface area (Å²) >= 11 is 0. The molecule has 7 nitrogen and oxygen atoms in total. The zero-order valence-corrected chi connectivity index (χ0v) is 17.7. The average Bonchev–Trinajstić information content (AvgIpc) is 3.14. The molecule has 2 heterocycles. The first-order valence-electron chi connectivity index (χ1n) is 10.5. The van der Waals surface area contributed by atoms with E-state index in [2.05, 4.69) is 4.90 Å². The van der Waals surface area contributed by atoms with Crippen LogP contribution in [0.3, 0.4) is 0 Å². The summed E-state index contributed by atoms with van der Waals surface area (Å²) in [5, 5.41) is 0. The third-order valence-corrected chi connectivity index (χ3v) is 5.90. The molecule has 2 saturated heterocycles. The van der Waals surface area contributed by atoms with Crippen LogP contribution in [-0.4, -0.2) is 79.6 Å². The van der Waals surface area contributed by atoms with Gasteiger partial charge in [0.05, 0.1) is 13.7 Å². The van der Waals surface area contributed by atoms with Crippen LogP contribution in [0.5, 0.6) is 5.75 Å². The molecule has 2 aromatic rings. The van der Waals surface area contributed by atoms with Crippen LogP contribution in [0.15, 0.2) is 48.5 Å². The third-order valence-electron chi connectivity index (χ3n) is 5.90. The lowest BCUT2D eigenvalue weighted by Crippen LogP contribution is -2.51. The number of anilines is 1. The Morgan fingerprint density at radius 3 is 2.29 bits per heavy atom. The van der Waals surface area contributed by atoms with E-state index in [-0.39, 0.29) is 30.8 Å². The maximum absolute atomic E-state index is 13.9. The number of halogens is 1. The van der Waals surface area contributed by atoms with Crippen LogP contribution in [0, 0.1) is 5.82 Å². The molecule has 2 fully saturated rings. The lowest BCUT2D eigenvalue weighted by molar-refractivity contribution is -0.131. The van der Waals surface area contributed by atoms with E-state index in [1.807, 2.05) is 29.2 Å². The van der Waals surface area contributed by atoms with Gasteiger partial charge in [-0.05, 0) is 30.3 Å². The van der Waals surface area contributed by atoms with Gasteiger partial charge in [-0.2, -0.15) is 0 Å². The van der Waals surface area contributed by atoms with E-state index in [9.17, 15) is 14.0 Å². The summed E-state index contributed by atoms with van der Waals surface area (Å²) in [5.74, 6) is 0.451. The summed E-state index contributed by atoms with van der Waals surface area (Å²) in [4.78, 5) is 32.6. The van der Waals surface area contributed by atoms with Crippen molar-refractivity contribution in [2.24, 2.45) is 0 Å². The Balaban J connectivity index is 1.27. The Bertz CT molecular complexity index is 929. The maximum Gasteiger partial charge on any atom is 0.320 e. The molecule has 0 saturated carbocycles. The predicted octanol–water partition coefficient (Wildman–Crippen LogP) is 2.42. The largest absolute Gasteiger partial charge is 0.497 e. The minimum atomic E-state index is -0.320. The van der Waals surface area contributed by atoms with Gasteiger partial charge in [0.2, 0.25) is 5.91 Å². The first-order valence-corrected chi connectivity index (χ1v) is 10.5. The van der Waals surface area contributed by atoms with Crippen molar-refractivity contribution in [1.82, 2.24) is 14.7 Å². The highest BCUT2D eigenvalue weighted by Crippen LogP contribution is 2.21. The summed E-state index contributed by atoms with van der Waals surface area (Å²) in [7, 11) is 1.64.